The predicted octanol–water partition coefficient (Wildman–Crippen LogP) is 2.16. The van der Waals surface area contributed by atoms with Crippen LogP contribution in [0.4, 0.5) is 4.79 Å². The van der Waals surface area contributed by atoms with E-state index in [1.54, 1.807) is 6.92 Å². The molecule has 5 nitrogen and oxygen atoms in total. The molecule has 1 amide bonds. The maximum absolute atomic E-state index is 11.4. The normalized spacial score (nSPS) is 13.7. The second-order valence-corrected chi connectivity index (χ2v) is 5.33. The number of carbonyl (C=O) groups excluding carboxylic acids is 1. The molecule has 2 N–H and O–H groups in total. The van der Waals surface area contributed by atoms with Crippen LogP contribution >= 0.6 is 8.03 Å². The third-order valence-corrected chi connectivity index (χ3v) is 3.08. The molecule has 1 unspecified atom stereocenters. The van der Waals surface area contributed by atoms with E-state index in [0.29, 0.717) is 6.42 Å². The molecule has 0 aliphatic heterocycles. The van der Waals surface area contributed by atoms with Crippen molar-refractivity contribution < 1.29 is 19.0 Å². The van der Waals surface area contributed by atoms with Gasteiger partial charge in [-0.25, -0.2) is 4.79 Å². The van der Waals surface area contributed by atoms with Crippen LogP contribution in [0.2, 0.25) is 0 Å². The highest BCUT2D eigenvalue weighted by molar-refractivity contribution is 7.37. The molecular weight excluding hydrogens is 253 g/mol. The molecule has 2 atom stereocenters. The van der Waals surface area contributed by atoms with E-state index in [9.17, 15) is 9.36 Å². The molecular formula is C12H18NO4P. The van der Waals surface area contributed by atoms with Gasteiger partial charge in [-0.15, -0.1) is 0 Å². The zero-order valence-corrected chi connectivity index (χ0v) is 11.3. The minimum Gasteiger partial charge on any atom is -0.445 e. The molecule has 0 aromatic heterocycles. The van der Waals surface area contributed by atoms with E-state index in [-0.39, 0.29) is 18.8 Å². The van der Waals surface area contributed by atoms with Gasteiger partial charge in [-0.1, -0.05) is 30.3 Å². The van der Waals surface area contributed by atoms with Gasteiger partial charge < -0.3 is 14.9 Å². The van der Waals surface area contributed by atoms with Crippen molar-refractivity contribution in [3.8, 4) is 0 Å². The Bertz CT molecular complexity index is 396. The average Bonchev–Trinajstić information content (AvgIpc) is 2.35. The first-order chi connectivity index (χ1) is 8.58. The summed E-state index contributed by atoms with van der Waals surface area (Å²) >= 11 is 0. The molecule has 18 heavy (non-hydrogen) atoms. The lowest BCUT2D eigenvalue weighted by atomic mass is 10.2. The van der Waals surface area contributed by atoms with Crippen molar-refractivity contribution in [2.24, 2.45) is 0 Å². The molecule has 1 aromatic rings. The third kappa shape index (κ3) is 6.42. The van der Waals surface area contributed by atoms with Crippen molar-refractivity contribution >= 4 is 14.1 Å². The molecule has 0 heterocycles. The molecule has 1 rings (SSSR count). The molecule has 0 spiro atoms. The largest absolute Gasteiger partial charge is 0.445 e. The van der Waals surface area contributed by atoms with Crippen LogP contribution in [0.5, 0.6) is 0 Å². The SMILES string of the molecule is C[C@H](CC[PH](=O)O)NC(=O)OCc1ccccc1. The van der Waals surface area contributed by atoms with Crippen molar-refractivity contribution in [2.75, 3.05) is 6.16 Å². The summed E-state index contributed by atoms with van der Waals surface area (Å²) in [7, 11) is -2.46. The van der Waals surface area contributed by atoms with Crippen molar-refractivity contribution in [1.29, 1.82) is 0 Å². The molecule has 0 saturated heterocycles. The zero-order chi connectivity index (χ0) is 13.4. The van der Waals surface area contributed by atoms with Crippen molar-refractivity contribution in [1.82, 2.24) is 5.32 Å². The van der Waals surface area contributed by atoms with Crippen LogP contribution in [-0.2, 0) is 15.9 Å². The molecule has 0 saturated carbocycles. The van der Waals surface area contributed by atoms with Crippen molar-refractivity contribution in [2.45, 2.75) is 26.0 Å². The van der Waals surface area contributed by atoms with Crippen LogP contribution in [-0.4, -0.2) is 23.2 Å². The molecule has 0 bridgehead atoms. The van der Waals surface area contributed by atoms with Gasteiger partial charge in [0.05, 0.1) is 0 Å². The summed E-state index contributed by atoms with van der Waals surface area (Å²) < 4.78 is 15.6. The fourth-order valence-corrected chi connectivity index (χ4v) is 2.06. The van der Waals surface area contributed by atoms with E-state index in [4.69, 9.17) is 9.63 Å². The number of rotatable bonds is 6. The van der Waals surface area contributed by atoms with Gasteiger partial charge in [0.15, 0.2) is 8.03 Å². The van der Waals surface area contributed by atoms with Crippen molar-refractivity contribution in [3.05, 3.63) is 35.9 Å². The maximum Gasteiger partial charge on any atom is 0.407 e. The topological polar surface area (TPSA) is 75.6 Å². The number of hydrogen-bond donors (Lipinski definition) is 2. The maximum atomic E-state index is 11.4. The Morgan fingerprint density at radius 2 is 2.11 bits per heavy atom. The van der Waals surface area contributed by atoms with Gasteiger partial charge in [-0.3, -0.25) is 4.57 Å². The number of alkyl carbamates (subject to hydrolysis) is 1. The van der Waals surface area contributed by atoms with Gasteiger partial charge in [0.25, 0.3) is 0 Å². The van der Waals surface area contributed by atoms with E-state index in [1.807, 2.05) is 30.3 Å². The lowest BCUT2D eigenvalue weighted by molar-refractivity contribution is 0.136. The highest BCUT2D eigenvalue weighted by Crippen LogP contribution is 2.14. The van der Waals surface area contributed by atoms with Gasteiger partial charge in [0.2, 0.25) is 0 Å². The number of benzene rings is 1. The van der Waals surface area contributed by atoms with Crippen molar-refractivity contribution in [3.63, 3.8) is 0 Å². The predicted molar refractivity (Wildman–Crippen MR) is 69.9 cm³/mol. The van der Waals surface area contributed by atoms with Crippen LogP contribution < -0.4 is 5.32 Å². The van der Waals surface area contributed by atoms with Gasteiger partial charge in [-0.05, 0) is 18.9 Å². The van der Waals surface area contributed by atoms with Crippen LogP contribution in [0.15, 0.2) is 30.3 Å². The molecule has 0 fully saturated rings. The summed E-state index contributed by atoms with van der Waals surface area (Å²) in [6, 6.07) is 9.21. The Hall–Kier alpha value is -1.32. The summed E-state index contributed by atoms with van der Waals surface area (Å²) in [6.45, 7) is 1.99. The lowest BCUT2D eigenvalue weighted by Gasteiger charge is -2.13. The van der Waals surface area contributed by atoms with Gasteiger partial charge in [0, 0.05) is 12.2 Å². The number of nitrogens with one attached hydrogen (secondary N) is 1. The van der Waals surface area contributed by atoms with Crippen LogP contribution in [0.3, 0.4) is 0 Å². The minimum atomic E-state index is -2.46. The van der Waals surface area contributed by atoms with Crippen LogP contribution in [0.25, 0.3) is 0 Å². The summed E-state index contributed by atoms with van der Waals surface area (Å²) in [5, 5.41) is 2.61. The molecule has 6 heteroatoms. The fourth-order valence-electron chi connectivity index (χ4n) is 1.38. The molecule has 0 radical (unpaired) electrons. The summed E-state index contributed by atoms with van der Waals surface area (Å²) in [5.41, 5.74) is 0.917. The van der Waals surface area contributed by atoms with Crippen LogP contribution in [0, 0.1) is 0 Å². The fraction of sp³-hybridized carbons (Fsp3) is 0.417. The smallest absolute Gasteiger partial charge is 0.407 e. The van der Waals surface area contributed by atoms with Gasteiger partial charge in [0.1, 0.15) is 6.61 Å². The standard InChI is InChI=1S/C12H18NO4P/c1-10(7-8-18(15)16)13-12(14)17-9-11-5-3-2-4-6-11/h2-6,10,18H,7-9H2,1H3,(H,13,14)(H,15,16)/t10-/m1/s1. The lowest BCUT2D eigenvalue weighted by Crippen LogP contribution is -2.33. The van der Waals surface area contributed by atoms with Gasteiger partial charge in [-0.2, -0.15) is 0 Å². The Labute approximate surface area is 107 Å². The highest BCUT2D eigenvalue weighted by Gasteiger charge is 2.09. The first-order valence-electron chi connectivity index (χ1n) is 5.77. The summed E-state index contributed by atoms with van der Waals surface area (Å²) in [4.78, 5) is 20.1. The number of carbonyl (C=O) groups is 1. The van der Waals surface area contributed by atoms with Gasteiger partial charge >= 0.3 is 6.09 Å². The van der Waals surface area contributed by atoms with E-state index in [2.05, 4.69) is 5.32 Å². The zero-order valence-electron chi connectivity index (χ0n) is 10.3. The quantitative estimate of drug-likeness (QED) is 0.777. The monoisotopic (exact) mass is 271 g/mol. The molecule has 100 valence electrons. The van der Waals surface area contributed by atoms with E-state index < -0.39 is 14.1 Å². The second kappa shape index (κ2) is 7.90. The van der Waals surface area contributed by atoms with E-state index in [1.165, 1.54) is 0 Å². The van der Waals surface area contributed by atoms with E-state index in [0.717, 1.165) is 5.56 Å². The molecule has 0 aliphatic rings. The Morgan fingerprint density at radius 1 is 1.44 bits per heavy atom. The third-order valence-electron chi connectivity index (χ3n) is 2.37. The first-order valence-corrected chi connectivity index (χ1v) is 7.33. The summed E-state index contributed by atoms with van der Waals surface area (Å²) in [6.07, 6.45) is 0.170. The van der Waals surface area contributed by atoms with Crippen LogP contribution in [0.1, 0.15) is 18.9 Å². The Balaban J connectivity index is 2.23. The summed E-state index contributed by atoms with van der Waals surface area (Å²) in [5.74, 6) is 0. The molecule has 1 aromatic carbocycles. The number of amides is 1. The van der Waals surface area contributed by atoms with E-state index >= 15 is 0 Å². The Kier molecular flexibility index (Phi) is 6.47. The number of ether oxygens (including phenoxy) is 1. The average molecular weight is 271 g/mol. The second-order valence-electron chi connectivity index (χ2n) is 4.04. The molecule has 0 aliphatic carbocycles. The Morgan fingerprint density at radius 3 is 2.72 bits per heavy atom. The highest BCUT2D eigenvalue weighted by atomic mass is 31.1. The first kappa shape index (κ1) is 14.7. The minimum absolute atomic E-state index is 0.172. The number of hydrogen-bond acceptors (Lipinski definition) is 3.